The van der Waals surface area contributed by atoms with Gasteiger partial charge in [0.05, 0.1) is 17.9 Å². The second kappa shape index (κ2) is 4.77. The fourth-order valence-electron chi connectivity index (χ4n) is 2.83. The number of fused-ring (bicyclic) bond motifs is 1. The van der Waals surface area contributed by atoms with E-state index in [1.807, 2.05) is 17.0 Å². The van der Waals surface area contributed by atoms with Gasteiger partial charge in [-0.2, -0.15) is 0 Å². The highest BCUT2D eigenvalue weighted by Gasteiger charge is 2.25. The van der Waals surface area contributed by atoms with Crippen molar-refractivity contribution in [3.63, 3.8) is 0 Å². The maximum Gasteiger partial charge on any atom is 0.237 e. The lowest BCUT2D eigenvalue weighted by molar-refractivity contribution is -0.129. The molecule has 20 heavy (non-hydrogen) atoms. The molecule has 1 unspecified atom stereocenters. The molecule has 1 amide bonds. The Balaban J connectivity index is 1.72. The van der Waals surface area contributed by atoms with Crippen LogP contribution in [0.25, 0.3) is 0 Å². The smallest absolute Gasteiger partial charge is 0.237 e. The number of sulfonamides is 1. The summed E-state index contributed by atoms with van der Waals surface area (Å²) in [4.78, 5) is 14.1. The van der Waals surface area contributed by atoms with Crippen molar-refractivity contribution in [1.82, 2.24) is 4.90 Å². The lowest BCUT2D eigenvalue weighted by Crippen LogP contribution is -2.29. The zero-order valence-corrected chi connectivity index (χ0v) is 12.2. The first kappa shape index (κ1) is 13.4. The van der Waals surface area contributed by atoms with Crippen molar-refractivity contribution >= 4 is 21.6 Å². The van der Waals surface area contributed by atoms with Crippen LogP contribution in [0.1, 0.15) is 24.5 Å². The number of benzene rings is 1. The largest absolute Gasteiger partial charge is 0.342 e. The minimum atomic E-state index is -3.22. The van der Waals surface area contributed by atoms with E-state index in [1.165, 1.54) is 0 Å². The Morgan fingerprint density at radius 1 is 1.45 bits per heavy atom. The molecule has 0 aromatic heterocycles. The second-order valence-corrected chi connectivity index (χ2v) is 7.49. The number of carbonyl (C=O) groups is 1. The van der Waals surface area contributed by atoms with Crippen molar-refractivity contribution in [3.05, 3.63) is 29.3 Å². The number of hydrogen-bond acceptors (Lipinski definition) is 3. The van der Waals surface area contributed by atoms with Crippen LogP contribution >= 0.6 is 0 Å². The van der Waals surface area contributed by atoms with E-state index < -0.39 is 10.0 Å². The molecule has 0 aliphatic carbocycles. The van der Waals surface area contributed by atoms with Gasteiger partial charge in [0.15, 0.2) is 0 Å². The molecule has 5 nitrogen and oxygen atoms in total. The fourth-order valence-corrected chi connectivity index (χ4v) is 4.09. The van der Waals surface area contributed by atoms with Crippen molar-refractivity contribution < 1.29 is 13.2 Å². The minimum Gasteiger partial charge on any atom is -0.342 e. The third-order valence-corrected chi connectivity index (χ3v) is 5.13. The second-order valence-electron chi connectivity index (χ2n) is 5.76. The van der Waals surface area contributed by atoms with Gasteiger partial charge in [0.25, 0.3) is 0 Å². The van der Waals surface area contributed by atoms with Crippen LogP contribution in [0.5, 0.6) is 0 Å². The van der Waals surface area contributed by atoms with Crippen LogP contribution in [0.2, 0.25) is 0 Å². The Morgan fingerprint density at radius 3 is 2.95 bits per heavy atom. The minimum absolute atomic E-state index is 0.00507. The molecule has 6 heteroatoms. The van der Waals surface area contributed by atoms with Crippen LogP contribution in [-0.2, 0) is 27.0 Å². The summed E-state index contributed by atoms with van der Waals surface area (Å²) >= 11 is 0. The first-order valence-corrected chi connectivity index (χ1v) is 8.48. The molecule has 0 bridgehead atoms. The van der Waals surface area contributed by atoms with E-state index in [9.17, 15) is 13.2 Å². The highest BCUT2D eigenvalue weighted by atomic mass is 32.2. The van der Waals surface area contributed by atoms with Gasteiger partial charge < -0.3 is 4.90 Å². The number of hydrogen-bond donors (Lipinski definition) is 1. The first-order valence-electron chi connectivity index (χ1n) is 6.83. The molecule has 3 rings (SSSR count). The van der Waals surface area contributed by atoms with Gasteiger partial charge in [-0.05, 0) is 29.5 Å². The van der Waals surface area contributed by atoms with Crippen LogP contribution in [0.15, 0.2) is 18.2 Å². The van der Waals surface area contributed by atoms with Crippen molar-refractivity contribution in [2.75, 3.05) is 17.8 Å². The van der Waals surface area contributed by atoms with Crippen LogP contribution in [0, 0.1) is 5.92 Å². The highest BCUT2D eigenvalue weighted by Crippen LogP contribution is 2.28. The maximum absolute atomic E-state index is 12.2. The van der Waals surface area contributed by atoms with E-state index in [0.29, 0.717) is 18.0 Å². The summed E-state index contributed by atoms with van der Waals surface area (Å²) in [6, 6.07) is 5.39. The molecule has 0 saturated carbocycles. The van der Waals surface area contributed by atoms with Gasteiger partial charge in [0.1, 0.15) is 0 Å². The van der Waals surface area contributed by atoms with Crippen molar-refractivity contribution in [3.8, 4) is 0 Å². The summed E-state index contributed by atoms with van der Waals surface area (Å²) in [5.74, 6) is 0.710. The normalized spacial score (nSPS) is 23.4. The average Bonchev–Trinajstić information content (AvgIpc) is 2.90. The predicted octanol–water partition coefficient (Wildman–Crippen LogP) is 1.35. The number of anilines is 1. The van der Waals surface area contributed by atoms with E-state index in [1.54, 1.807) is 6.07 Å². The first-order chi connectivity index (χ1) is 9.43. The molecule has 0 radical (unpaired) electrons. The van der Waals surface area contributed by atoms with Gasteiger partial charge in [0, 0.05) is 13.1 Å². The number of amides is 1. The number of carbonyl (C=O) groups excluding carboxylic acids is 1. The van der Waals surface area contributed by atoms with Crippen LogP contribution < -0.4 is 4.72 Å². The number of likely N-dealkylation sites (tertiary alicyclic amines) is 1. The monoisotopic (exact) mass is 294 g/mol. The summed E-state index contributed by atoms with van der Waals surface area (Å²) < 4.78 is 25.5. The Morgan fingerprint density at radius 2 is 2.25 bits per heavy atom. The van der Waals surface area contributed by atoms with Crippen molar-refractivity contribution in [2.45, 2.75) is 25.5 Å². The van der Waals surface area contributed by atoms with Crippen LogP contribution in [-0.4, -0.2) is 32.3 Å². The van der Waals surface area contributed by atoms with E-state index in [2.05, 4.69) is 11.6 Å². The summed E-state index contributed by atoms with van der Waals surface area (Å²) in [6.07, 6.45) is 1.41. The molecular formula is C14H18N2O3S. The van der Waals surface area contributed by atoms with E-state index in [0.717, 1.165) is 30.6 Å². The van der Waals surface area contributed by atoms with Crippen molar-refractivity contribution in [2.24, 2.45) is 5.92 Å². The van der Waals surface area contributed by atoms with E-state index in [4.69, 9.17) is 0 Å². The predicted molar refractivity (Wildman–Crippen MR) is 76.8 cm³/mol. The molecule has 1 saturated heterocycles. The quantitative estimate of drug-likeness (QED) is 0.895. The summed E-state index contributed by atoms with van der Waals surface area (Å²) in [5.41, 5.74) is 2.27. The Hall–Kier alpha value is -1.56. The zero-order chi connectivity index (χ0) is 14.3. The van der Waals surface area contributed by atoms with E-state index >= 15 is 0 Å². The standard InChI is InChI=1S/C14H18N2O3S/c1-10-4-5-16(8-10)14(17)7-11-2-3-13-12(6-11)9-20(18,19)15-13/h2-3,6,10,15H,4-5,7-9H2,1H3. The van der Waals surface area contributed by atoms with Gasteiger partial charge in [-0.1, -0.05) is 19.1 Å². The molecule has 0 spiro atoms. The summed E-state index contributed by atoms with van der Waals surface area (Å²) in [7, 11) is -3.22. The van der Waals surface area contributed by atoms with Crippen LogP contribution in [0.3, 0.4) is 0 Å². The highest BCUT2D eigenvalue weighted by molar-refractivity contribution is 7.92. The van der Waals surface area contributed by atoms with Gasteiger partial charge in [-0.25, -0.2) is 8.42 Å². The zero-order valence-electron chi connectivity index (χ0n) is 11.4. The third kappa shape index (κ3) is 2.65. The number of nitrogens with zero attached hydrogens (tertiary/aromatic N) is 1. The van der Waals surface area contributed by atoms with E-state index in [-0.39, 0.29) is 11.7 Å². The Bertz CT molecular complexity index is 654. The molecule has 108 valence electrons. The Kier molecular flexibility index (Phi) is 3.20. The van der Waals surface area contributed by atoms with Crippen molar-refractivity contribution in [1.29, 1.82) is 0 Å². The van der Waals surface area contributed by atoms with Crippen LogP contribution in [0.4, 0.5) is 5.69 Å². The van der Waals surface area contributed by atoms with Gasteiger partial charge in [0.2, 0.25) is 15.9 Å². The van der Waals surface area contributed by atoms with Gasteiger partial charge in [-0.3, -0.25) is 9.52 Å². The molecule has 2 heterocycles. The summed E-state index contributed by atoms with van der Waals surface area (Å²) in [5, 5.41) is 0. The molecule has 1 aromatic rings. The average molecular weight is 294 g/mol. The fraction of sp³-hybridized carbons (Fsp3) is 0.500. The summed E-state index contributed by atoms with van der Waals surface area (Å²) in [6.45, 7) is 3.82. The Labute approximate surface area is 119 Å². The van der Waals surface area contributed by atoms with Gasteiger partial charge in [-0.15, -0.1) is 0 Å². The molecule has 1 atom stereocenters. The maximum atomic E-state index is 12.2. The lowest BCUT2D eigenvalue weighted by atomic mass is 10.1. The molecule has 2 aliphatic heterocycles. The lowest BCUT2D eigenvalue weighted by Gasteiger charge is -2.16. The number of rotatable bonds is 2. The molecule has 2 aliphatic rings. The SMILES string of the molecule is CC1CCN(C(=O)Cc2ccc3c(c2)CS(=O)(=O)N3)C1. The molecule has 1 aromatic carbocycles. The van der Waals surface area contributed by atoms with Gasteiger partial charge >= 0.3 is 0 Å². The third-order valence-electron chi connectivity index (χ3n) is 3.91. The molecular weight excluding hydrogens is 276 g/mol. The number of nitrogens with one attached hydrogen (secondary N) is 1. The topological polar surface area (TPSA) is 66.5 Å². The molecule has 1 N–H and O–H groups in total. The molecule has 1 fully saturated rings.